The summed E-state index contributed by atoms with van der Waals surface area (Å²) >= 11 is 0. The first-order valence-electron chi connectivity index (χ1n) is 6.66. The molecule has 0 saturated heterocycles. The summed E-state index contributed by atoms with van der Waals surface area (Å²) < 4.78 is 12.2. The number of aromatic nitrogens is 1. The predicted molar refractivity (Wildman–Crippen MR) is 79.3 cm³/mol. The number of fused-ring (bicyclic) bond motifs is 1. The summed E-state index contributed by atoms with van der Waals surface area (Å²) in [5.41, 5.74) is 1.89. The Balaban J connectivity index is 2.13. The molecule has 1 aromatic heterocycles. The maximum absolute atomic E-state index is 12.2. The Morgan fingerprint density at radius 2 is 2.16 bits per heavy atom. The van der Waals surface area contributed by atoms with Gasteiger partial charge in [0.2, 0.25) is 0 Å². The number of hydrogen-bond donors (Lipinski definition) is 3. The van der Waals surface area contributed by atoms with Crippen LogP contribution in [0.15, 0.2) is 30.5 Å². The van der Waals surface area contributed by atoms with Crippen molar-refractivity contribution in [2.45, 2.75) is 38.9 Å². The topological polar surface area (TPSA) is 65.1 Å². The molecule has 19 heavy (non-hydrogen) atoms. The molecule has 4 nitrogen and oxygen atoms in total. The molecule has 2 aromatic rings. The number of aromatic amines is 1. The van der Waals surface area contributed by atoms with E-state index in [1.807, 2.05) is 37.4 Å². The number of nitrogens with one attached hydrogen (secondary N) is 2. The van der Waals surface area contributed by atoms with Crippen LogP contribution in [0.4, 0.5) is 0 Å². The van der Waals surface area contributed by atoms with E-state index in [2.05, 4.69) is 17.0 Å². The molecule has 0 bridgehead atoms. The van der Waals surface area contributed by atoms with Crippen molar-refractivity contribution in [1.29, 1.82) is 0 Å². The first kappa shape index (κ1) is 14.3. The second kappa shape index (κ2) is 5.91. The Bertz CT molecular complexity index is 594. The molecule has 0 radical (unpaired) electrons. The lowest BCUT2D eigenvalue weighted by atomic mass is 10.2. The van der Waals surface area contributed by atoms with Crippen LogP contribution in [0.2, 0.25) is 0 Å². The number of benzene rings is 1. The Kier molecular flexibility index (Phi) is 4.46. The van der Waals surface area contributed by atoms with Crippen LogP contribution >= 0.6 is 7.52 Å². The lowest BCUT2D eigenvalue weighted by Gasteiger charge is -2.18. The van der Waals surface area contributed by atoms with Gasteiger partial charge in [-0.3, -0.25) is 4.57 Å². The first-order valence-corrected chi connectivity index (χ1v) is 8.51. The Labute approximate surface area is 113 Å². The van der Waals surface area contributed by atoms with Crippen molar-refractivity contribution in [2.24, 2.45) is 0 Å². The van der Waals surface area contributed by atoms with Gasteiger partial charge in [0.1, 0.15) is 0 Å². The van der Waals surface area contributed by atoms with Gasteiger partial charge in [0.25, 0.3) is 7.52 Å². The van der Waals surface area contributed by atoms with Gasteiger partial charge in [0.15, 0.2) is 0 Å². The molecule has 2 unspecified atom stereocenters. The van der Waals surface area contributed by atoms with E-state index in [1.165, 1.54) is 0 Å². The second-order valence-electron chi connectivity index (χ2n) is 5.04. The monoisotopic (exact) mass is 280 g/mol. The summed E-state index contributed by atoms with van der Waals surface area (Å²) in [5.74, 6) is 0. The van der Waals surface area contributed by atoms with Gasteiger partial charge in [-0.15, -0.1) is 0 Å². The zero-order valence-electron chi connectivity index (χ0n) is 11.4. The number of hydrogen-bond acceptors (Lipinski definition) is 1. The number of para-hydroxylation sites is 1. The molecule has 2 rings (SSSR count). The maximum atomic E-state index is 12.2. The molecular formula is C14H21N2O2P. The second-order valence-corrected chi connectivity index (χ2v) is 7.02. The zero-order valence-corrected chi connectivity index (χ0v) is 12.3. The molecule has 0 aliphatic rings. The summed E-state index contributed by atoms with van der Waals surface area (Å²) in [4.78, 5) is 13.2. The molecule has 0 aliphatic carbocycles. The minimum Gasteiger partial charge on any atom is -0.361 e. The van der Waals surface area contributed by atoms with Crippen LogP contribution in [0, 0.1) is 0 Å². The molecule has 1 heterocycles. The number of H-pyrrole nitrogens is 1. The Morgan fingerprint density at radius 3 is 2.89 bits per heavy atom. The fraction of sp³-hybridized carbons (Fsp3) is 0.429. The van der Waals surface area contributed by atoms with Gasteiger partial charge in [-0.1, -0.05) is 31.5 Å². The van der Waals surface area contributed by atoms with Crippen molar-refractivity contribution in [3.05, 3.63) is 36.0 Å². The van der Waals surface area contributed by atoms with Crippen LogP contribution in [-0.2, 0) is 10.7 Å². The summed E-state index contributed by atoms with van der Waals surface area (Å²) in [5, 5.41) is 3.87. The molecule has 5 heteroatoms. The van der Waals surface area contributed by atoms with E-state index in [9.17, 15) is 9.46 Å². The lowest BCUT2D eigenvalue weighted by Crippen LogP contribution is -2.23. The highest BCUT2D eigenvalue weighted by atomic mass is 31.2. The quantitative estimate of drug-likeness (QED) is 0.708. The summed E-state index contributed by atoms with van der Waals surface area (Å²) in [6.07, 6.45) is 3.88. The van der Waals surface area contributed by atoms with Crippen LogP contribution < -0.4 is 5.09 Å². The molecule has 3 N–H and O–H groups in total. The van der Waals surface area contributed by atoms with Crippen LogP contribution in [0.1, 0.15) is 32.3 Å². The predicted octanol–water partition coefficient (Wildman–Crippen LogP) is 3.63. The average Bonchev–Trinajstić information content (AvgIpc) is 2.72. The molecular weight excluding hydrogens is 259 g/mol. The molecule has 104 valence electrons. The van der Waals surface area contributed by atoms with Gasteiger partial charge in [-0.25, -0.2) is 5.09 Å². The minimum absolute atomic E-state index is 0.0611. The zero-order chi connectivity index (χ0) is 13.9. The molecule has 2 atom stereocenters. The average molecular weight is 280 g/mol. The van der Waals surface area contributed by atoms with Crippen molar-refractivity contribution in [2.75, 3.05) is 0 Å². The maximum Gasteiger partial charge on any atom is 0.271 e. The van der Waals surface area contributed by atoms with Crippen molar-refractivity contribution in [3.63, 3.8) is 0 Å². The van der Waals surface area contributed by atoms with Gasteiger partial charge >= 0.3 is 0 Å². The Morgan fingerprint density at radius 1 is 1.42 bits per heavy atom. The summed E-state index contributed by atoms with van der Waals surface area (Å²) in [6.45, 7) is 4.02. The first-order chi connectivity index (χ1) is 9.02. The summed E-state index contributed by atoms with van der Waals surface area (Å²) in [6, 6.07) is 7.88. The lowest BCUT2D eigenvalue weighted by molar-refractivity contribution is 0.444. The highest BCUT2D eigenvalue weighted by molar-refractivity contribution is 7.55. The third-order valence-corrected chi connectivity index (χ3v) is 4.82. The molecule has 0 amide bonds. The fourth-order valence-corrected chi connectivity index (χ4v) is 4.01. The molecule has 0 saturated carbocycles. The van der Waals surface area contributed by atoms with E-state index in [1.54, 1.807) is 0 Å². The van der Waals surface area contributed by atoms with Crippen molar-refractivity contribution >= 4 is 18.4 Å². The van der Waals surface area contributed by atoms with E-state index < -0.39 is 7.52 Å². The molecule has 1 aromatic carbocycles. The van der Waals surface area contributed by atoms with Crippen LogP contribution in [0.5, 0.6) is 0 Å². The van der Waals surface area contributed by atoms with E-state index in [0.29, 0.717) is 0 Å². The normalized spacial score (nSPS) is 16.4. The fourth-order valence-electron chi connectivity index (χ4n) is 2.38. The van der Waals surface area contributed by atoms with E-state index in [4.69, 9.17) is 0 Å². The van der Waals surface area contributed by atoms with Gasteiger partial charge in [0, 0.05) is 23.1 Å². The van der Waals surface area contributed by atoms with E-state index in [0.717, 1.165) is 29.3 Å². The van der Waals surface area contributed by atoms with Crippen LogP contribution in [0.3, 0.4) is 0 Å². The number of rotatable bonds is 6. The van der Waals surface area contributed by atoms with Gasteiger partial charge in [0.05, 0.1) is 6.16 Å². The van der Waals surface area contributed by atoms with Gasteiger partial charge in [-0.2, -0.15) is 0 Å². The van der Waals surface area contributed by atoms with Crippen molar-refractivity contribution < 1.29 is 9.46 Å². The third-order valence-electron chi connectivity index (χ3n) is 3.20. The van der Waals surface area contributed by atoms with Crippen molar-refractivity contribution in [3.8, 4) is 0 Å². The highest BCUT2D eigenvalue weighted by Gasteiger charge is 2.22. The van der Waals surface area contributed by atoms with E-state index >= 15 is 0 Å². The summed E-state index contributed by atoms with van der Waals surface area (Å²) in [7, 11) is -3.34. The Hall–Kier alpha value is -1.09. The third kappa shape index (κ3) is 3.69. The highest BCUT2D eigenvalue weighted by Crippen LogP contribution is 2.42. The smallest absolute Gasteiger partial charge is 0.271 e. The van der Waals surface area contributed by atoms with Crippen LogP contribution in [-0.4, -0.2) is 15.9 Å². The standard InChI is InChI=1S/C14H21N2O2P/c1-3-6-11(2)16-19(17,18)10-12-9-15-14-8-5-4-7-13(12)14/h4-5,7-9,11,15H,3,6,10H2,1-2H3,(H2,16,17,18). The minimum atomic E-state index is -3.34. The largest absolute Gasteiger partial charge is 0.361 e. The van der Waals surface area contributed by atoms with Crippen LogP contribution in [0.25, 0.3) is 10.9 Å². The SMILES string of the molecule is CCCC(C)NP(=O)(O)Cc1c[nH]c2ccccc12. The van der Waals surface area contributed by atoms with Gasteiger partial charge in [-0.05, 0) is 25.0 Å². The van der Waals surface area contributed by atoms with Crippen molar-refractivity contribution in [1.82, 2.24) is 10.1 Å². The van der Waals surface area contributed by atoms with Gasteiger partial charge < -0.3 is 9.88 Å². The molecule has 0 spiro atoms. The van der Waals surface area contributed by atoms with E-state index in [-0.39, 0.29) is 12.2 Å². The molecule has 0 fully saturated rings. The molecule has 0 aliphatic heterocycles.